The number of aromatic amines is 1. The molecule has 6 nitrogen and oxygen atoms in total. The largest absolute Gasteiger partial charge is 0.497 e. The van der Waals surface area contributed by atoms with Gasteiger partial charge in [0.05, 0.1) is 18.4 Å². The third kappa shape index (κ3) is 3.85. The Hall–Kier alpha value is -2.34. The minimum Gasteiger partial charge on any atom is -0.497 e. The van der Waals surface area contributed by atoms with Crippen LogP contribution < -0.4 is 4.74 Å². The van der Waals surface area contributed by atoms with E-state index in [9.17, 15) is 9.90 Å². The summed E-state index contributed by atoms with van der Waals surface area (Å²) in [6, 6.07) is 9.15. The third-order valence-electron chi connectivity index (χ3n) is 3.14. The van der Waals surface area contributed by atoms with E-state index in [0.717, 1.165) is 11.3 Å². The molecule has 22 heavy (non-hydrogen) atoms. The number of aromatic nitrogens is 2. The fourth-order valence-electron chi connectivity index (χ4n) is 2.22. The van der Waals surface area contributed by atoms with E-state index in [1.807, 2.05) is 24.3 Å². The van der Waals surface area contributed by atoms with Crippen molar-refractivity contribution in [1.82, 2.24) is 15.1 Å². The second kappa shape index (κ2) is 6.19. The second-order valence-corrected chi connectivity index (χ2v) is 5.87. The zero-order valence-corrected chi connectivity index (χ0v) is 13.3. The lowest BCUT2D eigenvalue weighted by molar-refractivity contribution is 0.0365. The molecule has 0 saturated heterocycles. The van der Waals surface area contributed by atoms with Gasteiger partial charge in [-0.3, -0.25) is 9.89 Å². The van der Waals surface area contributed by atoms with Crippen LogP contribution >= 0.6 is 0 Å². The number of methoxy groups -OCH3 is 1. The number of H-pyrrole nitrogens is 1. The number of aliphatic hydroxyl groups is 1. The summed E-state index contributed by atoms with van der Waals surface area (Å²) in [7, 11) is 3.25. The predicted molar refractivity (Wildman–Crippen MR) is 83.8 cm³/mol. The standard InChI is InChI=1S/C16H21N3O3/c1-16(2,21)10-19(3)15(20)14-9-13(17-18-14)11-6-5-7-12(8-11)22-4/h5-9,21H,10H2,1-4H3,(H,17,18). The van der Waals surface area contributed by atoms with Crippen LogP contribution in [0, 0.1) is 0 Å². The van der Waals surface area contributed by atoms with E-state index in [1.54, 1.807) is 34.1 Å². The fourth-order valence-corrected chi connectivity index (χ4v) is 2.22. The molecule has 1 aromatic heterocycles. The highest BCUT2D eigenvalue weighted by molar-refractivity contribution is 5.93. The molecule has 1 heterocycles. The van der Waals surface area contributed by atoms with Crippen molar-refractivity contribution in [3.8, 4) is 17.0 Å². The highest BCUT2D eigenvalue weighted by Gasteiger charge is 2.21. The molecule has 118 valence electrons. The van der Waals surface area contributed by atoms with E-state index < -0.39 is 5.60 Å². The molecule has 0 fully saturated rings. The van der Waals surface area contributed by atoms with Gasteiger partial charge in [-0.25, -0.2) is 0 Å². The molecule has 0 atom stereocenters. The maximum absolute atomic E-state index is 12.3. The summed E-state index contributed by atoms with van der Waals surface area (Å²) in [5.74, 6) is 0.510. The summed E-state index contributed by atoms with van der Waals surface area (Å²) in [6.07, 6.45) is 0. The van der Waals surface area contributed by atoms with Gasteiger partial charge >= 0.3 is 0 Å². The minimum absolute atomic E-state index is 0.219. The fraction of sp³-hybridized carbons (Fsp3) is 0.375. The summed E-state index contributed by atoms with van der Waals surface area (Å²) in [4.78, 5) is 13.8. The first-order chi connectivity index (χ1) is 10.3. The molecule has 2 aromatic rings. The highest BCUT2D eigenvalue weighted by atomic mass is 16.5. The number of ether oxygens (including phenoxy) is 1. The van der Waals surface area contributed by atoms with Gasteiger partial charge in [-0.15, -0.1) is 0 Å². The molecule has 2 N–H and O–H groups in total. The number of benzene rings is 1. The molecule has 6 heteroatoms. The topological polar surface area (TPSA) is 78.5 Å². The van der Waals surface area contributed by atoms with Crippen LogP contribution in [0.5, 0.6) is 5.75 Å². The van der Waals surface area contributed by atoms with Crippen molar-refractivity contribution >= 4 is 5.91 Å². The number of rotatable bonds is 5. The Morgan fingerprint density at radius 2 is 2.14 bits per heavy atom. The average molecular weight is 303 g/mol. The molecule has 1 aromatic carbocycles. The monoisotopic (exact) mass is 303 g/mol. The van der Waals surface area contributed by atoms with Crippen molar-refractivity contribution in [2.45, 2.75) is 19.4 Å². The Balaban J connectivity index is 2.18. The van der Waals surface area contributed by atoms with Crippen LogP contribution in [0.2, 0.25) is 0 Å². The van der Waals surface area contributed by atoms with Crippen molar-refractivity contribution < 1.29 is 14.6 Å². The first-order valence-corrected chi connectivity index (χ1v) is 6.98. The Morgan fingerprint density at radius 3 is 2.77 bits per heavy atom. The molecule has 0 aliphatic carbocycles. The molecule has 0 aliphatic rings. The van der Waals surface area contributed by atoms with Crippen molar-refractivity contribution in [3.63, 3.8) is 0 Å². The molecule has 0 aliphatic heterocycles. The summed E-state index contributed by atoms with van der Waals surface area (Å²) >= 11 is 0. The smallest absolute Gasteiger partial charge is 0.271 e. The number of amides is 1. The van der Waals surface area contributed by atoms with E-state index in [4.69, 9.17) is 4.74 Å². The highest BCUT2D eigenvalue weighted by Crippen LogP contribution is 2.23. The van der Waals surface area contributed by atoms with Crippen molar-refractivity contribution in [2.75, 3.05) is 20.7 Å². The summed E-state index contributed by atoms with van der Waals surface area (Å²) < 4.78 is 5.18. The molecular formula is C16H21N3O3. The summed E-state index contributed by atoms with van der Waals surface area (Å²) in [5, 5.41) is 16.7. The first kappa shape index (κ1) is 16.0. The molecule has 0 radical (unpaired) electrons. The van der Waals surface area contributed by atoms with Gasteiger partial charge in [0, 0.05) is 19.2 Å². The van der Waals surface area contributed by atoms with Crippen LogP contribution in [0.3, 0.4) is 0 Å². The maximum atomic E-state index is 12.3. The number of carbonyl (C=O) groups is 1. The van der Waals surface area contributed by atoms with Gasteiger partial charge in [0.1, 0.15) is 11.4 Å². The number of hydrogen-bond donors (Lipinski definition) is 2. The lowest BCUT2D eigenvalue weighted by Crippen LogP contribution is -2.39. The molecule has 0 spiro atoms. The number of nitrogens with one attached hydrogen (secondary N) is 1. The van der Waals surface area contributed by atoms with E-state index in [2.05, 4.69) is 10.2 Å². The van der Waals surface area contributed by atoms with E-state index >= 15 is 0 Å². The lowest BCUT2D eigenvalue weighted by atomic mass is 10.1. The van der Waals surface area contributed by atoms with Gasteiger partial charge in [-0.05, 0) is 32.0 Å². The van der Waals surface area contributed by atoms with Gasteiger partial charge in [-0.2, -0.15) is 5.10 Å². The summed E-state index contributed by atoms with van der Waals surface area (Å²) in [5.41, 5.74) is 0.961. The van der Waals surface area contributed by atoms with E-state index in [0.29, 0.717) is 11.4 Å². The Bertz CT molecular complexity index is 659. The molecule has 0 unspecified atom stereocenters. The Kier molecular flexibility index (Phi) is 4.51. The Morgan fingerprint density at radius 1 is 1.41 bits per heavy atom. The second-order valence-electron chi connectivity index (χ2n) is 5.87. The van der Waals surface area contributed by atoms with Gasteiger partial charge in [0.15, 0.2) is 0 Å². The molecule has 1 amide bonds. The van der Waals surface area contributed by atoms with E-state index in [-0.39, 0.29) is 12.5 Å². The van der Waals surface area contributed by atoms with E-state index in [1.165, 1.54) is 4.90 Å². The van der Waals surface area contributed by atoms with Crippen molar-refractivity contribution in [2.24, 2.45) is 0 Å². The van der Waals surface area contributed by atoms with Crippen LogP contribution in [-0.2, 0) is 0 Å². The van der Waals surface area contributed by atoms with Gasteiger partial charge in [-0.1, -0.05) is 12.1 Å². The number of carbonyl (C=O) groups excluding carboxylic acids is 1. The normalized spacial score (nSPS) is 11.3. The quantitative estimate of drug-likeness (QED) is 0.884. The third-order valence-corrected chi connectivity index (χ3v) is 3.14. The van der Waals surface area contributed by atoms with Gasteiger partial charge < -0.3 is 14.7 Å². The van der Waals surface area contributed by atoms with Crippen LogP contribution in [0.15, 0.2) is 30.3 Å². The lowest BCUT2D eigenvalue weighted by Gasteiger charge is -2.24. The first-order valence-electron chi connectivity index (χ1n) is 6.98. The Labute approximate surface area is 129 Å². The molecule has 0 bridgehead atoms. The number of nitrogens with zero attached hydrogens (tertiary/aromatic N) is 2. The SMILES string of the molecule is COc1cccc(-c2cc(C(=O)N(C)CC(C)(C)O)[nH]n2)c1. The average Bonchev–Trinajstić information content (AvgIpc) is 2.94. The molecule has 2 rings (SSSR count). The zero-order valence-electron chi connectivity index (χ0n) is 13.3. The van der Waals surface area contributed by atoms with Gasteiger partial charge in [0.25, 0.3) is 5.91 Å². The van der Waals surface area contributed by atoms with Crippen LogP contribution in [0.25, 0.3) is 11.3 Å². The van der Waals surface area contributed by atoms with Gasteiger partial charge in [0.2, 0.25) is 0 Å². The van der Waals surface area contributed by atoms with Crippen molar-refractivity contribution in [1.29, 1.82) is 0 Å². The van der Waals surface area contributed by atoms with Crippen LogP contribution in [-0.4, -0.2) is 52.4 Å². The maximum Gasteiger partial charge on any atom is 0.271 e. The summed E-state index contributed by atoms with van der Waals surface area (Å²) in [6.45, 7) is 3.55. The van der Waals surface area contributed by atoms with Crippen LogP contribution in [0.1, 0.15) is 24.3 Å². The minimum atomic E-state index is -0.944. The van der Waals surface area contributed by atoms with Crippen LogP contribution in [0.4, 0.5) is 0 Å². The van der Waals surface area contributed by atoms with Crippen molar-refractivity contribution in [3.05, 3.63) is 36.0 Å². The number of hydrogen-bond acceptors (Lipinski definition) is 4. The zero-order chi connectivity index (χ0) is 16.3. The molecule has 0 saturated carbocycles. The number of likely N-dealkylation sites (N-methyl/N-ethyl adjacent to an activating group) is 1. The molecular weight excluding hydrogens is 282 g/mol. The predicted octanol–water partition coefficient (Wildman–Crippen LogP) is 1.93.